The summed E-state index contributed by atoms with van der Waals surface area (Å²) in [4.78, 5) is 18.5. The lowest BCUT2D eigenvalue weighted by Gasteiger charge is -2.19. The summed E-state index contributed by atoms with van der Waals surface area (Å²) in [6, 6.07) is 17.2. The molecule has 1 heterocycles. The molecule has 25 heavy (non-hydrogen) atoms. The minimum absolute atomic E-state index is 0.102. The maximum absolute atomic E-state index is 12.2. The monoisotopic (exact) mass is 336 g/mol. The lowest BCUT2D eigenvalue weighted by molar-refractivity contribution is 0.0954. The molecule has 0 bridgehead atoms. The fourth-order valence-electron chi connectivity index (χ4n) is 2.43. The van der Waals surface area contributed by atoms with Gasteiger partial charge in [0, 0.05) is 37.0 Å². The number of rotatable bonds is 6. The van der Waals surface area contributed by atoms with E-state index < -0.39 is 0 Å². The first-order valence-corrected chi connectivity index (χ1v) is 8.08. The Labute approximate surface area is 146 Å². The van der Waals surface area contributed by atoms with Crippen molar-refractivity contribution in [2.75, 3.05) is 25.0 Å². The van der Waals surface area contributed by atoms with Crippen molar-refractivity contribution < 1.29 is 9.32 Å². The molecule has 0 saturated carbocycles. The van der Waals surface area contributed by atoms with Crippen LogP contribution in [-0.2, 0) is 0 Å². The number of hydrogen-bond donors (Lipinski definition) is 1. The summed E-state index contributed by atoms with van der Waals surface area (Å²) in [5.74, 6) is 0.933. The molecule has 0 atom stereocenters. The van der Waals surface area contributed by atoms with Crippen molar-refractivity contribution in [1.29, 1.82) is 0 Å². The van der Waals surface area contributed by atoms with E-state index in [1.54, 1.807) is 31.2 Å². The molecule has 1 aromatic heterocycles. The summed E-state index contributed by atoms with van der Waals surface area (Å²) in [6.45, 7) is 3.06. The van der Waals surface area contributed by atoms with Gasteiger partial charge in [-0.1, -0.05) is 23.4 Å². The number of carbonyl (C=O) groups is 1. The first-order chi connectivity index (χ1) is 12.1. The minimum Gasteiger partial charge on any atom is -0.373 e. The lowest BCUT2D eigenvalue weighted by Crippen LogP contribution is -2.32. The quantitative estimate of drug-likeness (QED) is 0.749. The van der Waals surface area contributed by atoms with E-state index in [2.05, 4.69) is 20.4 Å². The van der Waals surface area contributed by atoms with E-state index in [1.165, 1.54) is 0 Å². The Morgan fingerprint density at radius 3 is 2.48 bits per heavy atom. The van der Waals surface area contributed by atoms with Crippen LogP contribution in [-0.4, -0.2) is 36.2 Å². The SMILES string of the molecule is Cc1noc(-c2ccc(C(=O)NCCN(C)c3ccccc3)cc2)n1. The molecule has 3 aromatic rings. The third-order valence-electron chi connectivity index (χ3n) is 3.85. The summed E-state index contributed by atoms with van der Waals surface area (Å²) in [7, 11) is 2.00. The summed E-state index contributed by atoms with van der Waals surface area (Å²) < 4.78 is 5.12. The average molecular weight is 336 g/mol. The molecule has 3 rings (SSSR count). The van der Waals surface area contributed by atoms with E-state index in [0.717, 1.165) is 17.8 Å². The molecule has 0 unspecified atom stereocenters. The molecule has 0 radical (unpaired) electrons. The fraction of sp³-hybridized carbons (Fsp3) is 0.211. The number of likely N-dealkylation sites (N-methyl/N-ethyl adjacent to an activating group) is 1. The molecule has 2 aromatic carbocycles. The molecule has 0 aliphatic carbocycles. The molecule has 0 aliphatic heterocycles. The highest BCUT2D eigenvalue weighted by molar-refractivity contribution is 5.94. The van der Waals surface area contributed by atoms with Gasteiger partial charge in [-0.05, 0) is 43.3 Å². The highest BCUT2D eigenvalue weighted by Gasteiger charge is 2.09. The summed E-state index contributed by atoms with van der Waals surface area (Å²) in [6.07, 6.45) is 0. The zero-order valence-electron chi connectivity index (χ0n) is 14.3. The molecular formula is C19H20N4O2. The molecule has 1 N–H and O–H groups in total. The molecule has 128 valence electrons. The Hall–Kier alpha value is -3.15. The van der Waals surface area contributed by atoms with Crippen LogP contribution in [0, 0.1) is 6.92 Å². The minimum atomic E-state index is -0.102. The van der Waals surface area contributed by atoms with Crippen LogP contribution >= 0.6 is 0 Å². The summed E-state index contributed by atoms with van der Waals surface area (Å²) in [5, 5.41) is 6.69. The van der Waals surface area contributed by atoms with Crippen LogP contribution in [0.1, 0.15) is 16.2 Å². The number of nitrogens with zero attached hydrogens (tertiary/aromatic N) is 3. The zero-order valence-corrected chi connectivity index (χ0v) is 14.3. The maximum atomic E-state index is 12.2. The van der Waals surface area contributed by atoms with Crippen LogP contribution in [0.25, 0.3) is 11.5 Å². The van der Waals surface area contributed by atoms with Crippen LogP contribution < -0.4 is 10.2 Å². The van der Waals surface area contributed by atoms with Gasteiger partial charge in [-0.15, -0.1) is 0 Å². The number of anilines is 1. The highest BCUT2D eigenvalue weighted by Crippen LogP contribution is 2.17. The van der Waals surface area contributed by atoms with E-state index in [-0.39, 0.29) is 5.91 Å². The van der Waals surface area contributed by atoms with Gasteiger partial charge in [0.15, 0.2) is 5.82 Å². The molecule has 1 amide bonds. The first-order valence-electron chi connectivity index (χ1n) is 8.08. The summed E-state index contributed by atoms with van der Waals surface area (Å²) >= 11 is 0. The van der Waals surface area contributed by atoms with Crippen LogP contribution in [0.3, 0.4) is 0 Å². The van der Waals surface area contributed by atoms with Crippen molar-refractivity contribution in [3.63, 3.8) is 0 Å². The molecule has 0 aliphatic rings. The van der Waals surface area contributed by atoms with E-state index in [4.69, 9.17) is 4.52 Å². The first kappa shape index (κ1) is 16.7. The Kier molecular flexibility index (Phi) is 5.09. The van der Waals surface area contributed by atoms with Gasteiger partial charge >= 0.3 is 0 Å². The molecule has 0 spiro atoms. The van der Waals surface area contributed by atoms with Gasteiger partial charge in [0.05, 0.1) is 0 Å². The summed E-state index contributed by atoms with van der Waals surface area (Å²) in [5.41, 5.74) is 2.51. The molecule has 0 saturated heterocycles. The topological polar surface area (TPSA) is 71.3 Å². The van der Waals surface area contributed by atoms with Gasteiger partial charge in [0.2, 0.25) is 0 Å². The van der Waals surface area contributed by atoms with Crippen molar-refractivity contribution in [2.24, 2.45) is 0 Å². The number of nitrogens with one attached hydrogen (secondary N) is 1. The van der Waals surface area contributed by atoms with Crippen molar-refractivity contribution in [1.82, 2.24) is 15.5 Å². The molecule has 0 fully saturated rings. The Balaban J connectivity index is 1.53. The number of aryl methyl sites for hydroxylation is 1. The largest absolute Gasteiger partial charge is 0.373 e. The smallest absolute Gasteiger partial charge is 0.257 e. The van der Waals surface area contributed by atoms with Crippen LogP contribution in [0.2, 0.25) is 0 Å². The molecular weight excluding hydrogens is 316 g/mol. The highest BCUT2D eigenvalue weighted by atomic mass is 16.5. The van der Waals surface area contributed by atoms with Gasteiger partial charge in [0.1, 0.15) is 0 Å². The number of aromatic nitrogens is 2. The Bertz CT molecular complexity index is 828. The van der Waals surface area contributed by atoms with Crippen molar-refractivity contribution >= 4 is 11.6 Å². The van der Waals surface area contributed by atoms with Crippen LogP contribution in [0.5, 0.6) is 0 Å². The van der Waals surface area contributed by atoms with E-state index in [0.29, 0.717) is 23.8 Å². The maximum Gasteiger partial charge on any atom is 0.257 e. The third-order valence-corrected chi connectivity index (χ3v) is 3.85. The van der Waals surface area contributed by atoms with Crippen LogP contribution in [0.15, 0.2) is 59.1 Å². The van der Waals surface area contributed by atoms with Crippen molar-refractivity contribution in [3.05, 3.63) is 66.0 Å². The normalized spacial score (nSPS) is 10.5. The van der Waals surface area contributed by atoms with E-state index in [9.17, 15) is 4.79 Å². The van der Waals surface area contributed by atoms with Gasteiger partial charge in [-0.25, -0.2) is 0 Å². The fourth-order valence-corrected chi connectivity index (χ4v) is 2.43. The van der Waals surface area contributed by atoms with Gasteiger partial charge < -0.3 is 14.7 Å². The van der Waals surface area contributed by atoms with Gasteiger partial charge in [0.25, 0.3) is 11.8 Å². The second-order valence-corrected chi connectivity index (χ2v) is 5.74. The predicted molar refractivity (Wildman–Crippen MR) is 96.5 cm³/mol. The van der Waals surface area contributed by atoms with Gasteiger partial charge in [-0.3, -0.25) is 4.79 Å². The second-order valence-electron chi connectivity index (χ2n) is 5.74. The molecule has 6 nitrogen and oxygen atoms in total. The number of amides is 1. The van der Waals surface area contributed by atoms with Crippen molar-refractivity contribution in [2.45, 2.75) is 6.92 Å². The lowest BCUT2D eigenvalue weighted by atomic mass is 10.1. The third kappa shape index (κ3) is 4.23. The number of hydrogen-bond acceptors (Lipinski definition) is 5. The Morgan fingerprint density at radius 2 is 1.84 bits per heavy atom. The van der Waals surface area contributed by atoms with E-state index in [1.807, 2.05) is 37.4 Å². The standard InChI is InChI=1S/C19H20N4O2/c1-14-21-19(25-22-14)16-10-8-15(9-11-16)18(24)20-12-13-23(2)17-6-4-3-5-7-17/h3-11H,12-13H2,1-2H3,(H,20,24). The zero-order chi connectivity index (χ0) is 17.6. The average Bonchev–Trinajstić information content (AvgIpc) is 3.09. The number of carbonyl (C=O) groups excluding carboxylic acids is 1. The number of benzene rings is 2. The number of para-hydroxylation sites is 1. The Morgan fingerprint density at radius 1 is 1.12 bits per heavy atom. The van der Waals surface area contributed by atoms with Crippen LogP contribution in [0.4, 0.5) is 5.69 Å². The second kappa shape index (κ2) is 7.61. The van der Waals surface area contributed by atoms with E-state index >= 15 is 0 Å². The van der Waals surface area contributed by atoms with Crippen molar-refractivity contribution in [3.8, 4) is 11.5 Å². The van der Waals surface area contributed by atoms with Gasteiger partial charge in [-0.2, -0.15) is 4.98 Å². The predicted octanol–water partition coefficient (Wildman–Crippen LogP) is 2.91. The molecule has 6 heteroatoms.